The molecule has 1 rings (SSSR count). The fourth-order valence-electron chi connectivity index (χ4n) is 1.90. The van der Waals surface area contributed by atoms with Crippen LogP contribution in [-0.4, -0.2) is 45.5 Å². The van der Waals surface area contributed by atoms with Crippen molar-refractivity contribution in [3.05, 3.63) is 23.8 Å². The molecule has 4 nitrogen and oxygen atoms in total. The number of methoxy groups -OCH3 is 2. The van der Waals surface area contributed by atoms with E-state index < -0.39 is 0 Å². The number of nitrogens with zero attached hydrogens (tertiary/aromatic N) is 1. The molecular weight excluding hydrogens is 230 g/mol. The topological polar surface area (TPSA) is 38.8 Å². The quantitative estimate of drug-likeness (QED) is 0.726. The molecule has 4 heteroatoms. The maximum absolute atomic E-state index is 12.2. The van der Waals surface area contributed by atoms with Crippen molar-refractivity contribution in [2.75, 3.05) is 34.9 Å². The molecule has 0 aliphatic carbocycles. The van der Waals surface area contributed by atoms with Gasteiger partial charge in [-0.3, -0.25) is 4.79 Å². The van der Waals surface area contributed by atoms with Gasteiger partial charge in [-0.05, 0) is 32.3 Å². The van der Waals surface area contributed by atoms with Crippen molar-refractivity contribution in [1.82, 2.24) is 4.90 Å². The zero-order chi connectivity index (χ0) is 13.7. The van der Waals surface area contributed by atoms with Crippen molar-refractivity contribution in [2.45, 2.75) is 6.92 Å². The average Bonchev–Trinajstić information content (AvgIpc) is 2.36. The Bertz CT molecular complexity index is 416. The van der Waals surface area contributed by atoms with Gasteiger partial charge in [0.05, 0.1) is 14.2 Å². The van der Waals surface area contributed by atoms with Crippen LogP contribution in [0.25, 0.3) is 0 Å². The SMILES string of the molecule is COc1ccc(C(=O)C(C)CN(C)C)cc1OC. The Hall–Kier alpha value is -1.55. The lowest BCUT2D eigenvalue weighted by molar-refractivity contribution is 0.0909. The van der Waals surface area contributed by atoms with E-state index in [0.29, 0.717) is 17.1 Å². The molecule has 0 radical (unpaired) electrons. The number of Topliss-reactive ketones (excluding diaryl/α,β-unsaturated/α-hetero) is 1. The number of ether oxygens (including phenoxy) is 2. The van der Waals surface area contributed by atoms with Crippen molar-refractivity contribution >= 4 is 5.78 Å². The number of rotatable bonds is 6. The second-order valence-corrected chi connectivity index (χ2v) is 4.60. The lowest BCUT2D eigenvalue weighted by atomic mass is 9.98. The number of hydrogen-bond acceptors (Lipinski definition) is 4. The van der Waals surface area contributed by atoms with E-state index in [1.54, 1.807) is 32.4 Å². The Balaban J connectivity index is 2.92. The third-order valence-electron chi connectivity index (χ3n) is 2.75. The Morgan fingerprint density at radius 2 is 1.83 bits per heavy atom. The molecule has 1 aromatic carbocycles. The van der Waals surface area contributed by atoms with Gasteiger partial charge in [-0.25, -0.2) is 0 Å². The van der Waals surface area contributed by atoms with Gasteiger partial charge in [-0.2, -0.15) is 0 Å². The van der Waals surface area contributed by atoms with Gasteiger partial charge in [0.15, 0.2) is 17.3 Å². The molecule has 0 aliphatic heterocycles. The molecule has 0 saturated heterocycles. The van der Waals surface area contributed by atoms with Crippen molar-refractivity contribution in [3.8, 4) is 11.5 Å². The van der Waals surface area contributed by atoms with Crippen LogP contribution in [0, 0.1) is 5.92 Å². The third kappa shape index (κ3) is 3.47. The molecule has 1 unspecified atom stereocenters. The zero-order valence-corrected chi connectivity index (χ0v) is 11.7. The fraction of sp³-hybridized carbons (Fsp3) is 0.500. The van der Waals surface area contributed by atoms with E-state index in [0.717, 1.165) is 6.54 Å². The van der Waals surface area contributed by atoms with E-state index in [4.69, 9.17) is 9.47 Å². The summed E-state index contributed by atoms with van der Waals surface area (Å²) in [5, 5.41) is 0. The van der Waals surface area contributed by atoms with Gasteiger partial charge < -0.3 is 14.4 Å². The minimum atomic E-state index is -0.0434. The van der Waals surface area contributed by atoms with Gasteiger partial charge in [0.25, 0.3) is 0 Å². The van der Waals surface area contributed by atoms with Crippen LogP contribution in [0.3, 0.4) is 0 Å². The molecular formula is C14H21NO3. The number of hydrogen-bond donors (Lipinski definition) is 0. The molecule has 1 atom stereocenters. The second-order valence-electron chi connectivity index (χ2n) is 4.60. The third-order valence-corrected chi connectivity index (χ3v) is 2.75. The summed E-state index contributed by atoms with van der Waals surface area (Å²) in [6, 6.07) is 5.26. The molecule has 1 aromatic rings. The summed E-state index contributed by atoms with van der Waals surface area (Å²) < 4.78 is 10.4. The maximum Gasteiger partial charge on any atom is 0.167 e. The molecule has 0 spiro atoms. The smallest absolute Gasteiger partial charge is 0.167 e. The molecule has 0 amide bonds. The van der Waals surface area contributed by atoms with Crippen LogP contribution in [0.4, 0.5) is 0 Å². The molecule has 0 bridgehead atoms. The average molecular weight is 251 g/mol. The highest BCUT2D eigenvalue weighted by Crippen LogP contribution is 2.28. The highest BCUT2D eigenvalue weighted by molar-refractivity contribution is 5.98. The van der Waals surface area contributed by atoms with Crippen molar-refractivity contribution < 1.29 is 14.3 Å². The lowest BCUT2D eigenvalue weighted by Gasteiger charge is -2.16. The Kier molecular flexibility index (Phi) is 5.16. The van der Waals surface area contributed by atoms with Crippen molar-refractivity contribution in [3.63, 3.8) is 0 Å². The first-order valence-corrected chi connectivity index (χ1v) is 5.90. The fourth-order valence-corrected chi connectivity index (χ4v) is 1.90. The monoisotopic (exact) mass is 251 g/mol. The number of carbonyl (C=O) groups excluding carboxylic acids is 1. The summed E-state index contributed by atoms with van der Waals surface area (Å²) in [6.07, 6.45) is 0. The molecule has 0 N–H and O–H groups in total. The van der Waals surface area contributed by atoms with Crippen LogP contribution in [0.2, 0.25) is 0 Å². The predicted molar refractivity (Wildman–Crippen MR) is 71.6 cm³/mol. The van der Waals surface area contributed by atoms with E-state index in [2.05, 4.69) is 0 Å². The van der Waals surface area contributed by atoms with E-state index >= 15 is 0 Å². The maximum atomic E-state index is 12.2. The molecule has 0 saturated carbocycles. The van der Waals surface area contributed by atoms with Crippen LogP contribution in [-0.2, 0) is 0 Å². The highest BCUT2D eigenvalue weighted by Gasteiger charge is 2.17. The van der Waals surface area contributed by atoms with E-state index in [9.17, 15) is 4.79 Å². The summed E-state index contributed by atoms with van der Waals surface area (Å²) in [7, 11) is 7.06. The molecule has 100 valence electrons. The van der Waals surface area contributed by atoms with Crippen LogP contribution in [0.1, 0.15) is 17.3 Å². The van der Waals surface area contributed by atoms with Crippen LogP contribution in [0.15, 0.2) is 18.2 Å². The van der Waals surface area contributed by atoms with Gasteiger partial charge in [0.2, 0.25) is 0 Å². The van der Waals surface area contributed by atoms with Crippen molar-refractivity contribution in [1.29, 1.82) is 0 Å². The molecule has 0 aromatic heterocycles. The van der Waals surface area contributed by atoms with Crippen LogP contribution >= 0.6 is 0 Å². The Morgan fingerprint density at radius 3 is 2.33 bits per heavy atom. The zero-order valence-electron chi connectivity index (χ0n) is 11.7. The first-order chi connectivity index (χ1) is 8.49. The number of ketones is 1. The van der Waals surface area contributed by atoms with Crippen LogP contribution in [0.5, 0.6) is 11.5 Å². The standard InChI is InChI=1S/C14H21NO3/c1-10(9-15(2)3)14(16)11-6-7-12(17-4)13(8-11)18-5/h6-8,10H,9H2,1-5H3. The van der Waals surface area contributed by atoms with Crippen LogP contribution < -0.4 is 9.47 Å². The van der Waals surface area contributed by atoms with Crippen molar-refractivity contribution in [2.24, 2.45) is 5.92 Å². The molecule has 0 fully saturated rings. The summed E-state index contributed by atoms with van der Waals surface area (Å²) in [5.41, 5.74) is 0.655. The minimum Gasteiger partial charge on any atom is -0.493 e. The first kappa shape index (κ1) is 14.5. The van der Waals surface area contributed by atoms with Gasteiger partial charge >= 0.3 is 0 Å². The van der Waals surface area contributed by atoms with Gasteiger partial charge in [-0.1, -0.05) is 6.92 Å². The second kappa shape index (κ2) is 6.40. The van der Waals surface area contributed by atoms with Gasteiger partial charge in [0, 0.05) is 18.0 Å². The summed E-state index contributed by atoms with van der Waals surface area (Å²) in [5.74, 6) is 1.29. The number of benzene rings is 1. The van der Waals surface area contributed by atoms with E-state index in [-0.39, 0.29) is 11.7 Å². The largest absolute Gasteiger partial charge is 0.493 e. The summed E-state index contributed by atoms with van der Waals surface area (Å²) >= 11 is 0. The summed E-state index contributed by atoms with van der Waals surface area (Å²) in [6.45, 7) is 2.66. The highest BCUT2D eigenvalue weighted by atomic mass is 16.5. The van der Waals surface area contributed by atoms with Gasteiger partial charge in [-0.15, -0.1) is 0 Å². The molecule has 18 heavy (non-hydrogen) atoms. The molecule has 0 heterocycles. The normalized spacial score (nSPS) is 12.3. The van der Waals surface area contributed by atoms with E-state index in [1.165, 1.54) is 0 Å². The molecule has 0 aliphatic rings. The summed E-state index contributed by atoms with van der Waals surface area (Å²) in [4.78, 5) is 14.2. The first-order valence-electron chi connectivity index (χ1n) is 5.90. The van der Waals surface area contributed by atoms with E-state index in [1.807, 2.05) is 25.9 Å². The number of carbonyl (C=O) groups is 1. The predicted octanol–water partition coefficient (Wildman–Crippen LogP) is 2.08. The Labute approximate surface area is 108 Å². The minimum absolute atomic E-state index is 0.0434. The van der Waals surface area contributed by atoms with Gasteiger partial charge in [0.1, 0.15) is 0 Å². The Morgan fingerprint density at radius 1 is 1.22 bits per heavy atom. The lowest BCUT2D eigenvalue weighted by Crippen LogP contribution is -2.25.